The van der Waals surface area contributed by atoms with Gasteiger partial charge in [0.2, 0.25) is 0 Å². The van der Waals surface area contributed by atoms with Crippen LogP contribution in [0.5, 0.6) is 0 Å². The summed E-state index contributed by atoms with van der Waals surface area (Å²) in [5, 5.41) is 16.2. The maximum absolute atomic E-state index is 13.3. The number of aryl methyl sites for hydroxylation is 1. The Morgan fingerprint density at radius 2 is 2.21 bits per heavy atom. The minimum absolute atomic E-state index is 0.138. The number of aliphatic carboxylic acids is 1. The van der Waals surface area contributed by atoms with E-state index in [2.05, 4.69) is 10.3 Å². The highest BCUT2D eigenvalue weighted by molar-refractivity contribution is 7.99. The Bertz CT molecular complexity index is 574. The van der Waals surface area contributed by atoms with Gasteiger partial charge < -0.3 is 5.11 Å². The van der Waals surface area contributed by atoms with E-state index in [9.17, 15) is 9.18 Å². The number of rotatable bonds is 6. The summed E-state index contributed by atoms with van der Waals surface area (Å²) in [5.74, 6) is -0.540. The van der Waals surface area contributed by atoms with Gasteiger partial charge in [0.15, 0.2) is 0 Å². The molecule has 1 aromatic carbocycles. The standard InChI is InChI=1S/C12H12FN3O2S/c13-10-3-1-2-4-11(10)19-6-5-16-8-9(14-15-16)7-12(17)18/h1-4,8H,5-7H2,(H,17,18). The van der Waals surface area contributed by atoms with Gasteiger partial charge in [-0.25, -0.2) is 4.39 Å². The van der Waals surface area contributed by atoms with Crippen LogP contribution < -0.4 is 0 Å². The first-order chi connectivity index (χ1) is 9.15. The summed E-state index contributed by atoms with van der Waals surface area (Å²) in [5.41, 5.74) is 0.420. The van der Waals surface area contributed by atoms with E-state index in [4.69, 9.17) is 5.11 Å². The van der Waals surface area contributed by atoms with Crippen molar-refractivity contribution in [1.82, 2.24) is 15.0 Å². The van der Waals surface area contributed by atoms with Gasteiger partial charge in [0.1, 0.15) is 5.82 Å². The van der Waals surface area contributed by atoms with Crippen molar-refractivity contribution in [2.45, 2.75) is 17.9 Å². The molecule has 1 aromatic heterocycles. The fourth-order valence-corrected chi connectivity index (χ4v) is 2.37. The molecule has 2 aromatic rings. The van der Waals surface area contributed by atoms with E-state index in [0.717, 1.165) is 0 Å². The number of halogens is 1. The van der Waals surface area contributed by atoms with Crippen LogP contribution in [0.15, 0.2) is 35.4 Å². The van der Waals surface area contributed by atoms with E-state index in [1.165, 1.54) is 17.8 Å². The van der Waals surface area contributed by atoms with Crippen LogP contribution in [0, 0.1) is 5.82 Å². The average molecular weight is 281 g/mol. The number of hydrogen-bond acceptors (Lipinski definition) is 4. The molecule has 0 radical (unpaired) electrons. The molecule has 0 aliphatic heterocycles. The SMILES string of the molecule is O=C(O)Cc1cn(CCSc2ccccc2F)nn1. The van der Waals surface area contributed by atoms with Crippen molar-refractivity contribution >= 4 is 17.7 Å². The third-order valence-electron chi connectivity index (χ3n) is 2.33. The lowest BCUT2D eigenvalue weighted by Gasteiger charge is -2.02. The van der Waals surface area contributed by atoms with Gasteiger partial charge in [-0.05, 0) is 12.1 Å². The molecule has 0 aliphatic rings. The number of aromatic nitrogens is 3. The highest BCUT2D eigenvalue weighted by Crippen LogP contribution is 2.21. The van der Waals surface area contributed by atoms with Crippen LogP contribution >= 0.6 is 11.8 Å². The Hall–Kier alpha value is -1.89. The summed E-state index contributed by atoms with van der Waals surface area (Å²) in [7, 11) is 0. The van der Waals surface area contributed by atoms with E-state index >= 15 is 0 Å². The van der Waals surface area contributed by atoms with Gasteiger partial charge in [-0.15, -0.1) is 16.9 Å². The Morgan fingerprint density at radius 1 is 1.42 bits per heavy atom. The second-order valence-electron chi connectivity index (χ2n) is 3.82. The van der Waals surface area contributed by atoms with Gasteiger partial charge >= 0.3 is 5.97 Å². The predicted molar refractivity (Wildman–Crippen MR) is 68.5 cm³/mol. The molecule has 19 heavy (non-hydrogen) atoms. The highest BCUT2D eigenvalue weighted by Gasteiger charge is 2.06. The molecule has 1 N–H and O–H groups in total. The van der Waals surface area contributed by atoms with Crippen molar-refractivity contribution in [2.75, 3.05) is 5.75 Å². The van der Waals surface area contributed by atoms with Gasteiger partial charge in [-0.3, -0.25) is 9.48 Å². The van der Waals surface area contributed by atoms with Crippen LogP contribution in [0.2, 0.25) is 0 Å². The van der Waals surface area contributed by atoms with Crippen LogP contribution in [0.4, 0.5) is 4.39 Å². The van der Waals surface area contributed by atoms with Gasteiger partial charge in [0.25, 0.3) is 0 Å². The van der Waals surface area contributed by atoms with Crippen molar-refractivity contribution in [1.29, 1.82) is 0 Å². The summed E-state index contributed by atoms with van der Waals surface area (Å²) in [6.45, 7) is 0.547. The maximum atomic E-state index is 13.3. The topological polar surface area (TPSA) is 68.0 Å². The van der Waals surface area contributed by atoms with E-state index < -0.39 is 5.97 Å². The number of carboxylic acid groups (broad SMARTS) is 1. The molecule has 2 rings (SSSR count). The summed E-state index contributed by atoms with van der Waals surface area (Å²) < 4.78 is 14.9. The molecule has 0 fully saturated rings. The lowest BCUT2D eigenvalue weighted by molar-refractivity contribution is -0.136. The first kappa shape index (κ1) is 13.5. The number of nitrogens with zero attached hydrogens (tertiary/aromatic N) is 3. The monoisotopic (exact) mass is 281 g/mol. The summed E-state index contributed by atoms with van der Waals surface area (Å²) in [6.07, 6.45) is 1.45. The Balaban J connectivity index is 1.84. The first-order valence-corrected chi connectivity index (χ1v) is 6.62. The van der Waals surface area contributed by atoms with Gasteiger partial charge in [0, 0.05) is 16.8 Å². The third-order valence-corrected chi connectivity index (χ3v) is 3.36. The number of hydrogen-bond donors (Lipinski definition) is 1. The van der Waals surface area contributed by atoms with Crippen LogP contribution in [-0.4, -0.2) is 31.8 Å². The molecule has 0 aliphatic carbocycles. The van der Waals surface area contributed by atoms with Crippen LogP contribution in [0.1, 0.15) is 5.69 Å². The summed E-state index contributed by atoms with van der Waals surface area (Å²) in [6, 6.07) is 6.57. The minimum atomic E-state index is -0.937. The molecule has 0 saturated heterocycles. The second kappa shape index (κ2) is 6.33. The smallest absolute Gasteiger partial charge is 0.309 e. The minimum Gasteiger partial charge on any atom is -0.481 e. The van der Waals surface area contributed by atoms with Crippen molar-refractivity contribution in [3.63, 3.8) is 0 Å². The molecule has 0 saturated carbocycles. The lowest BCUT2D eigenvalue weighted by atomic mass is 10.3. The fourth-order valence-electron chi connectivity index (χ4n) is 1.49. The Morgan fingerprint density at radius 3 is 2.95 bits per heavy atom. The molecule has 0 unspecified atom stereocenters. The van der Waals surface area contributed by atoms with Crippen molar-refractivity contribution < 1.29 is 14.3 Å². The lowest BCUT2D eigenvalue weighted by Crippen LogP contribution is -2.01. The zero-order valence-corrected chi connectivity index (χ0v) is 10.8. The summed E-state index contributed by atoms with van der Waals surface area (Å²) in [4.78, 5) is 11.1. The highest BCUT2D eigenvalue weighted by atomic mass is 32.2. The predicted octanol–water partition coefficient (Wildman–Crippen LogP) is 1.84. The van der Waals surface area contributed by atoms with Crippen molar-refractivity contribution in [3.05, 3.63) is 42.0 Å². The largest absolute Gasteiger partial charge is 0.481 e. The fraction of sp³-hybridized carbons (Fsp3) is 0.250. The Kier molecular flexibility index (Phi) is 4.51. The normalized spacial score (nSPS) is 10.6. The van der Waals surface area contributed by atoms with E-state index in [1.54, 1.807) is 29.1 Å². The van der Waals surface area contributed by atoms with Crippen molar-refractivity contribution in [3.8, 4) is 0 Å². The molecule has 7 heteroatoms. The molecular weight excluding hydrogens is 269 g/mol. The molecule has 0 amide bonds. The quantitative estimate of drug-likeness (QED) is 0.818. The first-order valence-electron chi connectivity index (χ1n) is 5.63. The zero-order chi connectivity index (χ0) is 13.7. The molecular formula is C12H12FN3O2S. The third kappa shape index (κ3) is 4.06. The molecule has 0 spiro atoms. The average Bonchev–Trinajstić information content (AvgIpc) is 2.78. The van der Waals surface area contributed by atoms with Crippen LogP contribution in [0.25, 0.3) is 0 Å². The summed E-state index contributed by atoms with van der Waals surface area (Å²) >= 11 is 1.39. The molecule has 5 nitrogen and oxygen atoms in total. The van der Waals surface area contributed by atoms with E-state index in [0.29, 0.717) is 22.9 Å². The van der Waals surface area contributed by atoms with Crippen molar-refractivity contribution in [2.24, 2.45) is 0 Å². The molecule has 100 valence electrons. The van der Waals surface area contributed by atoms with Crippen LogP contribution in [-0.2, 0) is 17.8 Å². The van der Waals surface area contributed by atoms with Gasteiger partial charge in [-0.2, -0.15) is 0 Å². The zero-order valence-electron chi connectivity index (χ0n) is 9.99. The number of thioether (sulfide) groups is 1. The molecule has 0 atom stereocenters. The number of carboxylic acids is 1. The van der Waals surface area contributed by atoms with E-state index in [-0.39, 0.29) is 12.2 Å². The molecule has 1 heterocycles. The van der Waals surface area contributed by atoms with Gasteiger partial charge in [-0.1, -0.05) is 17.3 Å². The van der Waals surface area contributed by atoms with Gasteiger partial charge in [0.05, 0.1) is 18.7 Å². The Labute approximate surface area is 113 Å². The number of carbonyl (C=O) groups is 1. The second-order valence-corrected chi connectivity index (χ2v) is 4.96. The molecule has 0 bridgehead atoms. The van der Waals surface area contributed by atoms with E-state index in [1.807, 2.05) is 0 Å². The van der Waals surface area contributed by atoms with Crippen LogP contribution in [0.3, 0.4) is 0 Å². The maximum Gasteiger partial charge on any atom is 0.309 e. The number of benzene rings is 1.